The molecule has 0 atom stereocenters. The summed E-state index contributed by atoms with van der Waals surface area (Å²) >= 11 is 0. The van der Waals surface area contributed by atoms with Crippen LogP contribution in [0.2, 0.25) is 0 Å². The normalized spacial score (nSPS) is 10.7. The molecule has 92 valence electrons. The van der Waals surface area contributed by atoms with Crippen molar-refractivity contribution in [1.29, 1.82) is 0 Å². The molecule has 0 bridgehead atoms. The van der Waals surface area contributed by atoms with E-state index in [1.807, 2.05) is 5.43 Å². The van der Waals surface area contributed by atoms with Crippen molar-refractivity contribution in [3.05, 3.63) is 48.0 Å². The van der Waals surface area contributed by atoms with Gasteiger partial charge in [-0.2, -0.15) is 5.10 Å². The van der Waals surface area contributed by atoms with Gasteiger partial charge in [0.1, 0.15) is 17.3 Å². The summed E-state index contributed by atoms with van der Waals surface area (Å²) < 4.78 is 18.4. The monoisotopic (exact) mass is 247 g/mol. The number of carbonyl (C=O) groups is 1. The highest BCUT2D eigenvalue weighted by Gasteiger charge is 2.04. The third-order valence-electron chi connectivity index (χ3n) is 2.10. The maximum atomic E-state index is 13.0. The van der Waals surface area contributed by atoms with Crippen LogP contribution in [0.4, 0.5) is 9.18 Å². The molecule has 18 heavy (non-hydrogen) atoms. The van der Waals surface area contributed by atoms with E-state index in [2.05, 4.69) is 5.10 Å². The molecule has 0 aliphatic rings. The average Bonchev–Trinajstić information content (AvgIpc) is 2.77. The zero-order valence-electron chi connectivity index (χ0n) is 9.26. The fourth-order valence-corrected chi connectivity index (χ4v) is 1.38. The highest BCUT2D eigenvalue weighted by atomic mass is 19.1. The largest absolute Gasteiger partial charge is 0.455 e. The smallest absolute Gasteiger partial charge is 0.332 e. The van der Waals surface area contributed by atoms with Crippen molar-refractivity contribution in [1.82, 2.24) is 5.43 Å². The van der Waals surface area contributed by atoms with Crippen LogP contribution in [0, 0.1) is 5.82 Å². The van der Waals surface area contributed by atoms with Gasteiger partial charge in [-0.1, -0.05) is 12.1 Å². The van der Waals surface area contributed by atoms with Crippen LogP contribution in [0.3, 0.4) is 0 Å². The predicted octanol–water partition coefficient (Wildman–Crippen LogP) is 2.09. The van der Waals surface area contributed by atoms with E-state index in [1.165, 1.54) is 18.3 Å². The zero-order chi connectivity index (χ0) is 13.0. The van der Waals surface area contributed by atoms with E-state index in [0.29, 0.717) is 17.1 Å². The number of hydrazone groups is 1. The van der Waals surface area contributed by atoms with E-state index in [9.17, 15) is 9.18 Å². The number of nitrogens with zero attached hydrogens (tertiary/aromatic N) is 1. The van der Waals surface area contributed by atoms with Crippen LogP contribution < -0.4 is 11.2 Å². The molecule has 2 rings (SSSR count). The van der Waals surface area contributed by atoms with Gasteiger partial charge in [-0.15, -0.1) is 0 Å². The van der Waals surface area contributed by atoms with Crippen LogP contribution in [0.5, 0.6) is 0 Å². The van der Waals surface area contributed by atoms with Crippen molar-refractivity contribution in [3.8, 4) is 11.3 Å². The molecule has 6 heteroatoms. The summed E-state index contributed by atoms with van der Waals surface area (Å²) in [4.78, 5) is 10.4. The van der Waals surface area contributed by atoms with E-state index in [4.69, 9.17) is 10.2 Å². The zero-order valence-corrected chi connectivity index (χ0v) is 9.26. The standard InChI is InChI=1S/C12H10FN3O2/c13-9-3-1-2-8(6-9)11-5-4-10(18-11)7-15-16-12(14)17/h1-7H,(H3,14,16,17)/b15-7+. The molecule has 0 aliphatic heterocycles. The van der Waals surface area contributed by atoms with Crippen LogP contribution in [-0.4, -0.2) is 12.2 Å². The molecule has 0 aliphatic carbocycles. The summed E-state index contributed by atoms with van der Waals surface area (Å²) in [5.74, 6) is 0.590. The first kappa shape index (κ1) is 11.8. The van der Waals surface area contributed by atoms with E-state index in [0.717, 1.165) is 0 Å². The number of nitrogens with two attached hydrogens (primary N) is 1. The van der Waals surface area contributed by atoms with Gasteiger partial charge in [-0.25, -0.2) is 14.6 Å². The van der Waals surface area contributed by atoms with E-state index in [-0.39, 0.29) is 5.82 Å². The van der Waals surface area contributed by atoms with Crippen molar-refractivity contribution >= 4 is 12.2 Å². The van der Waals surface area contributed by atoms with Crippen molar-refractivity contribution in [2.45, 2.75) is 0 Å². The first-order chi connectivity index (χ1) is 8.65. The van der Waals surface area contributed by atoms with Crippen molar-refractivity contribution in [3.63, 3.8) is 0 Å². The SMILES string of the molecule is NC(=O)N/N=C/c1ccc(-c2cccc(F)c2)o1. The lowest BCUT2D eigenvalue weighted by Gasteiger charge is -1.96. The van der Waals surface area contributed by atoms with Gasteiger partial charge in [0.05, 0.1) is 6.21 Å². The van der Waals surface area contributed by atoms with Crippen LogP contribution in [0.1, 0.15) is 5.76 Å². The van der Waals surface area contributed by atoms with Gasteiger partial charge in [0, 0.05) is 5.56 Å². The highest BCUT2D eigenvalue weighted by Crippen LogP contribution is 2.21. The number of primary amides is 1. The molecule has 0 spiro atoms. The Bertz CT molecular complexity index is 593. The molecule has 2 amide bonds. The minimum Gasteiger partial charge on any atom is -0.455 e. The summed E-state index contributed by atoms with van der Waals surface area (Å²) in [5.41, 5.74) is 7.50. The molecule has 1 heterocycles. The molecule has 0 fully saturated rings. The second-order valence-electron chi connectivity index (χ2n) is 3.45. The number of carbonyl (C=O) groups excluding carboxylic acids is 1. The molecule has 1 aromatic carbocycles. The third-order valence-corrected chi connectivity index (χ3v) is 2.10. The summed E-state index contributed by atoms with van der Waals surface area (Å²) in [6, 6.07) is 8.60. The highest BCUT2D eigenvalue weighted by molar-refractivity contribution is 5.79. The third kappa shape index (κ3) is 2.94. The van der Waals surface area contributed by atoms with Crippen molar-refractivity contribution < 1.29 is 13.6 Å². The number of benzene rings is 1. The Balaban J connectivity index is 2.15. The first-order valence-electron chi connectivity index (χ1n) is 5.09. The van der Waals surface area contributed by atoms with Crippen molar-refractivity contribution in [2.75, 3.05) is 0 Å². The molecule has 0 radical (unpaired) electrons. The van der Waals surface area contributed by atoms with Gasteiger partial charge < -0.3 is 10.2 Å². The Morgan fingerprint density at radius 2 is 2.22 bits per heavy atom. The number of nitrogens with one attached hydrogen (secondary N) is 1. The number of furan rings is 1. The Labute approximate surface area is 102 Å². The number of halogens is 1. The quantitative estimate of drug-likeness (QED) is 0.643. The lowest BCUT2D eigenvalue weighted by atomic mass is 10.2. The maximum absolute atomic E-state index is 13.0. The number of amides is 2. The van der Waals surface area contributed by atoms with Gasteiger partial charge in [0.2, 0.25) is 0 Å². The number of hydrogen-bond donors (Lipinski definition) is 2. The summed E-state index contributed by atoms with van der Waals surface area (Å²) in [5, 5.41) is 3.55. The Morgan fingerprint density at radius 1 is 1.39 bits per heavy atom. The fourth-order valence-electron chi connectivity index (χ4n) is 1.38. The van der Waals surface area contributed by atoms with Gasteiger partial charge >= 0.3 is 6.03 Å². The predicted molar refractivity (Wildman–Crippen MR) is 64.4 cm³/mol. The fraction of sp³-hybridized carbons (Fsp3) is 0. The minimum atomic E-state index is -0.761. The number of hydrogen-bond acceptors (Lipinski definition) is 3. The molecular formula is C12H10FN3O2. The van der Waals surface area contributed by atoms with Crippen molar-refractivity contribution in [2.24, 2.45) is 10.8 Å². The topological polar surface area (TPSA) is 80.6 Å². The summed E-state index contributed by atoms with van der Waals surface area (Å²) in [7, 11) is 0. The Kier molecular flexibility index (Phi) is 3.38. The van der Waals surface area contributed by atoms with Gasteiger partial charge in [-0.05, 0) is 24.3 Å². The summed E-state index contributed by atoms with van der Waals surface area (Å²) in [6.07, 6.45) is 1.30. The van der Waals surface area contributed by atoms with E-state index >= 15 is 0 Å². The van der Waals surface area contributed by atoms with Crippen LogP contribution in [-0.2, 0) is 0 Å². The first-order valence-corrected chi connectivity index (χ1v) is 5.09. The molecule has 1 aromatic heterocycles. The molecule has 2 aromatic rings. The maximum Gasteiger partial charge on any atom is 0.332 e. The molecule has 0 saturated heterocycles. The molecule has 3 N–H and O–H groups in total. The number of urea groups is 1. The lowest BCUT2D eigenvalue weighted by molar-refractivity contribution is 0.249. The molecular weight excluding hydrogens is 237 g/mol. The van der Waals surface area contributed by atoms with E-state index in [1.54, 1.807) is 24.3 Å². The van der Waals surface area contributed by atoms with Crippen LogP contribution in [0.25, 0.3) is 11.3 Å². The van der Waals surface area contributed by atoms with Gasteiger partial charge in [-0.3, -0.25) is 0 Å². The minimum absolute atomic E-state index is 0.338. The second kappa shape index (κ2) is 5.13. The summed E-state index contributed by atoms with van der Waals surface area (Å²) in [6.45, 7) is 0. The Hall–Kier alpha value is -2.63. The molecule has 0 saturated carbocycles. The molecule has 5 nitrogen and oxygen atoms in total. The van der Waals surface area contributed by atoms with Crippen LogP contribution >= 0.6 is 0 Å². The number of rotatable bonds is 3. The van der Waals surface area contributed by atoms with E-state index < -0.39 is 6.03 Å². The van der Waals surface area contributed by atoms with Gasteiger partial charge in [0.25, 0.3) is 0 Å². The molecule has 0 unspecified atom stereocenters. The Morgan fingerprint density at radius 3 is 2.94 bits per heavy atom. The second-order valence-corrected chi connectivity index (χ2v) is 3.45. The van der Waals surface area contributed by atoms with Gasteiger partial charge in [0.15, 0.2) is 0 Å². The average molecular weight is 247 g/mol. The van der Waals surface area contributed by atoms with Crippen LogP contribution in [0.15, 0.2) is 45.9 Å². The lowest BCUT2D eigenvalue weighted by Crippen LogP contribution is -2.24.